The highest BCUT2D eigenvalue weighted by molar-refractivity contribution is 6.35. The lowest BCUT2D eigenvalue weighted by Crippen LogP contribution is -2.31. The number of hydrogen-bond acceptors (Lipinski definition) is 8. The summed E-state index contributed by atoms with van der Waals surface area (Å²) in [5, 5.41) is 0. The number of fused-ring (bicyclic) bond motifs is 1. The molecule has 0 atom stereocenters. The zero-order valence-corrected chi connectivity index (χ0v) is 21.4. The first-order chi connectivity index (χ1) is 19.8. The van der Waals surface area contributed by atoms with Gasteiger partial charge < -0.3 is 9.47 Å². The fraction of sp³-hybridized carbons (Fsp3) is 0.0625. The van der Waals surface area contributed by atoms with Gasteiger partial charge in [0.2, 0.25) is 0 Å². The number of esters is 2. The van der Waals surface area contributed by atoms with Crippen LogP contribution in [-0.4, -0.2) is 48.5 Å². The summed E-state index contributed by atoms with van der Waals surface area (Å²) in [7, 11) is 0. The number of benzene rings is 4. The van der Waals surface area contributed by atoms with Gasteiger partial charge in [-0.05, 0) is 30.3 Å². The van der Waals surface area contributed by atoms with Gasteiger partial charge in [0.25, 0.3) is 11.8 Å². The van der Waals surface area contributed by atoms with E-state index in [4.69, 9.17) is 9.47 Å². The molecule has 0 saturated heterocycles. The van der Waals surface area contributed by atoms with Crippen molar-refractivity contribution >= 4 is 41.0 Å². The summed E-state index contributed by atoms with van der Waals surface area (Å²) in [5.74, 6) is -4.02. The molecule has 5 rings (SSSR count). The molecule has 0 bridgehead atoms. The Morgan fingerprint density at radius 1 is 0.537 bits per heavy atom. The lowest BCUT2D eigenvalue weighted by molar-refractivity contribution is 0.0472. The third-order valence-electron chi connectivity index (χ3n) is 6.35. The van der Waals surface area contributed by atoms with E-state index in [0.29, 0.717) is 11.1 Å². The number of carbonyl (C=O) groups is 6. The second kappa shape index (κ2) is 11.6. The molecule has 0 unspecified atom stereocenters. The van der Waals surface area contributed by atoms with E-state index in [1.165, 1.54) is 42.5 Å². The van der Waals surface area contributed by atoms with Gasteiger partial charge in [-0.2, -0.15) is 0 Å². The van der Waals surface area contributed by atoms with Gasteiger partial charge in [-0.1, -0.05) is 72.8 Å². The average molecular weight is 548 g/mol. The minimum atomic E-state index is -0.895. The molecule has 2 amide bonds. The van der Waals surface area contributed by atoms with Crippen LogP contribution in [-0.2, 0) is 9.47 Å². The number of ether oxygens (including phenoxy) is 2. The number of anilines is 1. The van der Waals surface area contributed by atoms with Crippen molar-refractivity contribution in [2.75, 3.05) is 18.1 Å². The normalized spacial score (nSPS) is 12.0. The van der Waals surface area contributed by atoms with Crippen molar-refractivity contribution in [1.29, 1.82) is 0 Å². The molecule has 0 N–H and O–H groups in total. The third-order valence-corrected chi connectivity index (χ3v) is 6.35. The Morgan fingerprint density at radius 2 is 1.05 bits per heavy atom. The summed E-state index contributed by atoms with van der Waals surface area (Å²) in [5.41, 5.74) is 0.547. The van der Waals surface area contributed by atoms with Gasteiger partial charge in [-0.25, -0.2) is 14.5 Å². The van der Waals surface area contributed by atoms with Crippen molar-refractivity contribution in [3.63, 3.8) is 0 Å². The van der Waals surface area contributed by atoms with Crippen LogP contribution in [0.5, 0.6) is 0 Å². The average Bonchev–Trinajstić information content (AvgIpc) is 3.27. The molecule has 41 heavy (non-hydrogen) atoms. The van der Waals surface area contributed by atoms with Crippen LogP contribution in [0.4, 0.5) is 5.69 Å². The molecule has 9 heteroatoms. The Hall–Kier alpha value is -5.70. The summed E-state index contributed by atoms with van der Waals surface area (Å²) in [6.45, 7) is -1.03. The predicted octanol–water partition coefficient (Wildman–Crippen LogP) is 4.57. The number of rotatable bonds is 9. The number of carbonyl (C=O) groups excluding carboxylic acids is 6. The highest BCUT2D eigenvalue weighted by Gasteiger charge is 2.39. The molecule has 1 aliphatic heterocycles. The van der Waals surface area contributed by atoms with E-state index < -0.39 is 48.5 Å². The first-order valence-electron chi connectivity index (χ1n) is 12.5. The minimum Gasteiger partial charge on any atom is -0.454 e. The monoisotopic (exact) mass is 547 g/mol. The smallest absolute Gasteiger partial charge is 0.340 e. The third kappa shape index (κ3) is 5.55. The van der Waals surface area contributed by atoms with Crippen LogP contribution >= 0.6 is 0 Å². The number of ketones is 2. The Kier molecular flexibility index (Phi) is 7.60. The molecule has 0 aromatic heterocycles. The van der Waals surface area contributed by atoms with Crippen molar-refractivity contribution in [2.24, 2.45) is 0 Å². The fourth-order valence-electron chi connectivity index (χ4n) is 4.27. The SMILES string of the molecule is O=C(COC(=O)c1ccc2c(c1)C(=O)N(c1ccccc1C(=O)OCC(=O)c1ccccc1)C2=O)c1ccccc1. The highest BCUT2D eigenvalue weighted by atomic mass is 16.5. The standard InChI is InChI=1S/C32H21NO8/c34-27(20-9-3-1-4-10-20)18-40-31(38)22-15-16-23-25(17-22)30(37)33(29(23)36)26-14-8-7-13-24(26)32(39)41-19-28(35)21-11-5-2-6-12-21/h1-17H,18-19H2. The molecule has 1 aliphatic rings. The molecule has 0 saturated carbocycles. The lowest BCUT2D eigenvalue weighted by Gasteiger charge is -2.17. The fourth-order valence-corrected chi connectivity index (χ4v) is 4.27. The van der Waals surface area contributed by atoms with Gasteiger partial charge >= 0.3 is 11.9 Å². The summed E-state index contributed by atoms with van der Waals surface area (Å²) in [6.07, 6.45) is 0. The summed E-state index contributed by atoms with van der Waals surface area (Å²) in [4.78, 5) is 77.5. The van der Waals surface area contributed by atoms with E-state index in [2.05, 4.69) is 0 Å². The number of imide groups is 1. The summed E-state index contributed by atoms with van der Waals surface area (Å²) < 4.78 is 10.3. The molecule has 202 valence electrons. The second-order valence-corrected chi connectivity index (χ2v) is 8.95. The molecular formula is C32H21NO8. The molecule has 4 aromatic carbocycles. The van der Waals surface area contributed by atoms with Crippen LogP contribution in [0.1, 0.15) is 62.1 Å². The van der Waals surface area contributed by atoms with E-state index in [1.54, 1.807) is 60.7 Å². The Bertz CT molecular complexity index is 1700. The van der Waals surface area contributed by atoms with Crippen molar-refractivity contribution in [3.8, 4) is 0 Å². The van der Waals surface area contributed by atoms with Gasteiger partial charge in [0.1, 0.15) is 0 Å². The maximum atomic E-state index is 13.4. The minimum absolute atomic E-state index is 0.0225. The van der Waals surface area contributed by atoms with Gasteiger partial charge in [-0.15, -0.1) is 0 Å². The summed E-state index contributed by atoms with van der Waals surface area (Å²) in [6, 6.07) is 26.3. The second-order valence-electron chi connectivity index (χ2n) is 8.95. The molecule has 1 heterocycles. The van der Waals surface area contributed by atoms with Crippen molar-refractivity contribution < 1.29 is 38.2 Å². The van der Waals surface area contributed by atoms with Crippen LogP contribution in [0.3, 0.4) is 0 Å². The van der Waals surface area contributed by atoms with Gasteiger partial charge in [0.05, 0.1) is 27.9 Å². The van der Waals surface area contributed by atoms with Crippen LogP contribution in [0, 0.1) is 0 Å². The Morgan fingerprint density at radius 3 is 1.66 bits per heavy atom. The zero-order valence-electron chi connectivity index (χ0n) is 21.4. The molecule has 0 aliphatic carbocycles. The first kappa shape index (κ1) is 26.9. The Balaban J connectivity index is 1.31. The largest absolute Gasteiger partial charge is 0.454 e. The molecule has 0 radical (unpaired) electrons. The van der Waals surface area contributed by atoms with Crippen LogP contribution in [0.25, 0.3) is 0 Å². The van der Waals surface area contributed by atoms with Crippen LogP contribution in [0.2, 0.25) is 0 Å². The van der Waals surface area contributed by atoms with Gasteiger partial charge in [0.15, 0.2) is 24.8 Å². The maximum Gasteiger partial charge on any atom is 0.340 e. The van der Waals surface area contributed by atoms with E-state index in [-0.39, 0.29) is 27.9 Å². The number of para-hydroxylation sites is 1. The van der Waals surface area contributed by atoms with Crippen LogP contribution < -0.4 is 4.90 Å². The molecule has 4 aromatic rings. The topological polar surface area (TPSA) is 124 Å². The van der Waals surface area contributed by atoms with E-state index in [0.717, 1.165) is 4.90 Å². The Labute approximate surface area is 233 Å². The highest BCUT2D eigenvalue weighted by Crippen LogP contribution is 2.32. The van der Waals surface area contributed by atoms with Crippen LogP contribution in [0.15, 0.2) is 103 Å². The number of nitrogens with zero attached hydrogens (tertiary/aromatic N) is 1. The zero-order chi connectivity index (χ0) is 28.9. The molecule has 0 spiro atoms. The molecular weight excluding hydrogens is 526 g/mol. The van der Waals surface area contributed by atoms with Gasteiger partial charge in [0, 0.05) is 11.1 Å². The van der Waals surface area contributed by atoms with Crippen molar-refractivity contribution in [1.82, 2.24) is 0 Å². The van der Waals surface area contributed by atoms with Gasteiger partial charge in [-0.3, -0.25) is 19.2 Å². The number of hydrogen-bond donors (Lipinski definition) is 0. The summed E-state index contributed by atoms with van der Waals surface area (Å²) >= 11 is 0. The van der Waals surface area contributed by atoms with Crippen molar-refractivity contribution in [3.05, 3.63) is 137 Å². The lowest BCUT2D eigenvalue weighted by atomic mass is 10.1. The van der Waals surface area contributed by atoms with E-state index >= 15 is 0 Å². The maximum absolute atomic E-state index is 13.4. The quantitative estimate of drug-likeness (QED) is 0.170. The van der Waals surface area contributed by atoms with E-state index in [9.17, 15) is 28.8 Å². The predicted molar refractivity (Wildman–Crippen MR) is 146 cm³/mol. The molecule has 0 fully saturated rings. The number of Topliss-reactive ketones (excluding diaryl/α,β-unsaturated/α-hetero) is 2. The first-order valence-corrected chi connectivity index (χ1v) is 12.5. The van der Waals surface area contributed by atoms with E-state index in [1.807, 2.05) is 0 Å². The molecule has 9 nitrogen and oxygen atoms in total. The van der Waals surface area contributed by atoms with Crippen molar-refractivity contribution in [2.45, 2.75) is 0 Å². The number of amides is 2.